The second-order valence-corrected chi connectivity index (χ2v) is 8.25. The Morgan fingerprint density at radius 1 is 1.10 bits per heavy atom. The minimum atomic E-state index is -0.186. The normalized spacial score (nSPS) is 18.7. The molecule has 0 N–H and O–H groups in total. The Hall–Kier alpha value is -3.11. The van der Waals surface area contributed by atoms with Gasteiger partial charge < -0.3 is 14.4 Å². The van der Waals surface area contributed by atoms with Gasteiger partial charge in [0.2, 0.25) is 5.91 Å². The highest BCUT2D eigenvalue weighted by atomic mass is 32.2. The molecule has 154 valence electrons. The van der Waals surface area contributed by atoms with E-state index in [1.54, 1.807) is 19.1 Å². The number of nitrogens with zero attached hydrogens (tertiary/aromatic N) is 3. The molecule has 1 amide bonds. The van der Waals surface area contributed by atoms with Crippen LogP contribution in [0.4, 0.5) is 5.69 Å². The van der Waals surface area contributed by atoms with Crippen molar-refractivity contribution in [3.8, 4) is 17.6 Å². The van der Waals surface area contributed by atoms with Crippen LogP contribution in [0.1, 0.15) is 23.5 Å². The fourth-order valence-corrected chi connectivity index (χ4v) is 5.00. The monoisotopic (exact) mass is 421 g/mol. The van der Waals surface area contributed by atoms with Crippen molar-refractivity contribution in [1.29, 1.82) is 5.26 Å². The molecule has 7 heteroatoms. The van der Waals surface area contributed by atoms with Gasteiger partial charge in [0.05, 0.1) is 43.4 Å². The number of methoxy groups -OCH3 is 2. The number of nitriles is 1. The maximum Gasteiger partial charge on any atom is 0.229 e. The van der Waals surface area contributed by atoms with Crippen molar-refractivity contribution in [1.82, 2.24) is 4.90 Å². The first kappa shape index (κ1) is 20.2. The SMILES string of the molecule is COc1ccc(N2CSC3=C(C#N)[C@H](c4ccc(C)cc4)CC(=O)N3C2)cc1OC. The Bertz CT molecular complexity index is 1040. The van der Waals surface area contributed by atoms with E-state index in [2.05, 4.69) is 11.0 Å². The number of fused-ring (bicyclic) bond motifs is 1. The summed E-state index contributed by atoms with van der Waals surface area (Å²) < 4.78 is 10.7. The minimum Gasteiger partial charge on any atom is -0.493 e. The summed E-state index contributed by atoms with van der Waals surface area (Å²) in [4.78, 5) is 16.9. The third kappa shape index (κ3) is 3.59. The quantitative estimate of drug-likeness (QED) is 0.736. The third-order valence-electron chi connectivity index (χ3n) is 5.51. The number of thioether (sulfide) groups is 1. The Kier molecular flexibility index (Phi) is 5.60. The lowest BCUT2D eigenvalue weighted by atomic mass is 9.86. The number of hydrogen-bond donors (Lipinski definition) is 0. The smallest absolute Gasteiger partial charge is 0.229 e. The number of amides is 1. The van der Waals surface area contributed by atoms with Gasteiger partial charge in [0.1, 0.15) is 0 Å². The van der Waals surface area contributed by atoms with Crippen LogP contribution in [-0.2, 0) is 4.79 Å². The minimum absolute atomic E-state index is 0.0345. The Balaban J connectivity index is 1.64. The van der Waals surface area contributed by atoms with E-state index >= 15 is 0 Å². The van der Waals surface area contributed by atoms with E-state index in [1.165, 1.54) is 11.8 Å². The fourth-order valence-electron chi connectivity index (χ4n) is 3.83. The first-order valence-electron chi connectivity index (χ1n) is 9.66. The number of anilines is 1. The van der Waals surface area contributed by atoms with Gasteiger partial charge in [0, 0.05) is 24.1 Å². The number of carbonyl (C=O) groups is 1. The van der Waals surface area contributed by atoms with Crippen LogP contribution in [0.25, 0.3) is 0 Å². The first-order valence-corrected chi connectivity index (χ1v) is 10.6. The molecule has 1 atom stereocenters. The third-order valence-corrected chi connectivity index (χ3v) is 6.66. The summed E-state index contributed by atoms with van der Waals surface area (Å²) in [5.41, 5.74) is 3.79. The Morgan fingerprint density at radius 2 is 1.83 bits per heavy atom. The van der Waals surface area contributed by atoms with E-state index in [-0.39, 0.29) is 11.8 Å². The van der Waals surface area contributed by atoms with E-state index < -0.39 is 0 Å². The zero-order chi connectivity index (χ0) is 21.3. The second-order valence-electron chi connectivity index (χ2n) is 7.31. The topological polar surface area (TPSA) is 65.8 Å². The van der Waals surface area contributed by atoms with Crippen molar-refractivity contribution in [3.63, 3.8) is 0 Å². The standard InChI is InChI=1S/C23H23N3O3S/c1-15-4-6-16(7-5-15)18-11-22(27)26-13-25(14-30-23(26)19(18)12-24)17-8-9-20(28-2)21(10-17)29-3/h4-10,18H,11,13-14H2,1-3H3/t18-/m0/s1. The molecule has 30 heavy (non-hydrogen) atoms. The molecule has 1 saturated heterocycles. The summed E-state index contributed by atoms with van der Waals surface area (Å²) in [5.74, 6) is 1.79. The largest absolute Gasteiger partial charge is 0.493 e. The molecule has 0 radical (unpaired) electrons. The lowest BCUT2D eigenvalue weighted by Crippen LogP contribution is -2.47. The van der Waals surface area contributed by atoms with Crippen LogP contribution in [0.3, 0.4) is 0 Å². The van der Waals surface area contributed by atoms with Crippen molar-refractivity contribution < 1.29 is 14.3 Å². The Morgan fingerprint density at radius 3 is 2.50 bits per heavy atom. The second kappa shape index (κ2) is 8.33. The molecule has 1 fully saturated rings. The average molecular weight is 422 g/mol. The number of rotatable bonds is 4. The van der Waals surface area contributed by atoms with Crippen LogP contribution in [0.2, 0.25) is 0 Å². The van der Waals surface area contributed by atoms with Crippen molar-refractivity contribution in [2.45, 2.75) is 19.3 Å². The van der Waals surface area contributed by atoms with E-state index in [0.717, 1.165) is 21.8 Å². The zero-order valence-corrected chi connectivity index (χ0v) is 18.0. The maximum atomic E-state index is 13.0. The highest BCUT2D eigenvalue weighted by Crippen LogP contribution is 2.44. The summed E-state index contributed by atoms with van der Waals surface area (Å²) in [6.07, 6.45) is 0.301. The van der Waals surface area contributed by atoms with Gasteiger partial charge in [-0.15, -0.1) is 0 Å². The summed E-state index contributed by atoms with van der Waals surface area (Å²) in [6.45, 7) is 2.43. The molecule has 2 aromatic carbocycles. The summed E-state index contributed by atoms with van der Waals surface area (Å²) in [6, 6.07) is 16.2. The van der Waals surface area contributed by atoms with Crippen LogP contribution in [0.5, 0.6) is 11.5 Å². The number of carbonyl (C=O) groups excluding carboxylic acids is 1. The van der Waals surface area contributed by atoms with Crippen LogP contribution >= 0.6 is 11.8 Å². The van der Waals surface area contributed by atoms with Crippen LogP contribution < -0.4 is 14.4 Å². The summed E-state index contributed by atoms with van der Waals surface area (Å²) >= 11 is 1.53. The van der Waals surface area contributed by atoms with E-state index in [1.807, 2.05) is 49.4 Å². The van der Waals surface area contributed by atoms with Gasteiger partial charge in [-0.3, -0.25) is 9.69 Å². The molecule has 6 nitrogen and oxygen atoms in total. The van der Waals surface area contributed by atoms with E-state index in [4.69, 9.17) is 9.47 Å². The van der Waals surface area contributed by atoms with Crippen molar-refractivity contribution in [2.75, 3.05) is 31.7 Å². The number of allylic oxidation sites excluding steroid dienone is 1. The molecular formula is C23H23N3O3S. The molecule has 0 saturated carbocycles. The molecule has 0 aliphatic carbocycles. The molecule has 4 rings (SSSR count). The van der Waals surface area contributed by atoms with Crippen molar-refractivity contribution in [3.05, 3.63) is 64.2 Å². The van der Waals surface area contributed by atoms with Crippen molar-refractivity contribution >= 4 is 23.4 Å². The van der Waals surface area contributed by atoms with Crippen LogP contribution in [0, 0.1) is 18.3 Å². The number of aryl methyl sites for hydroxylation is 1. The highest BCUT2D eigenvalue weighted by Gasteiger charge is 2.38. The van der Waals surface area contributed by atoms with E-state index in [0.29, 0.717) is 36.0 Å². The molecule has 0 spiro atoms. The predicted octanol–water partition coefficient (Wildman–Crippen LogP) is 4.23. The van der Waals surface area contributed by atoms with Gasteiger partial charge in [0.15, 0.2) is 11.5 Å². The van der Waals surface area contributed by atoms with Gasteiger partial charge in [-0.2, -0.15) is 5.26 Å². The first-order chi connectivity index (χ1) is 14.5. The van der Waals surface area contributed by atoms with Gasteiger partial charge in [-0.25, -0.2) is 0 Å². The molecular weight excluding hydrogens is 398 g/mol. The number of benzene rings is 2. The molecule has 2 aliphatic rings. The molecule has 0 unspecified atom stereocenters. The zero-order valence-electron chi connectivity index (χ0n) is 17.2. The lowest BCUT2D eigenvalue weighted by molar-refractivity contribution is -0.129. The Labute approximate surface area is 180 Å². The molecule has 2 aromatic rings. The van der Waals surface area contributed by atoms with Crippen LogP contribution in [-0.4, -0.2) is 37.6 Å². The van der Waals surface area contributed by atoms with Gasteiger partial charge in [-0.1, -0.05) is 41.6 Å². The van der Waals surface area contributed by atoms with Gasteiger partial charge >= 0.3 is 0 Å². The highest BCUT2D eigenvalue weighted by molar-refractivity contribution is 8.03. The summed E-state index contributed by atoms with van der Waals surface area (Å²) in [7, 11) is 3.21. The maximum absolute atomic E-state index is 13.0. The van der Waals surface area contributed by atoms with Gasteiger partial charge in [-0.05, 0) is 24.6 Å². The molecule has 2 heterocycles. The number of hydrogen-bond acceptors (Lipinski definition) is 6. The predicted molar refractivity (Wildman–Crippen MR) is 117 cm³/mol. The average Bonchev–Trinajstić information content (AvgIpc) is 2.78. The molecule has 2 aliphatic heterocycles. The molecule has 0 bridgehead atoms. The van der Waals surface area contributed by atoms with Gasteiger partial charge in [0.25, 0.3) is 0 Å². The molecule has 0 aromatic heterocycles. The fraction of sp³-hybridized carbons (Fsp3) is 0.304. The lowest BCUT2D eigenvalue weighted by Gasteiger charge is -2.42. The van der Waals surface area contributed by atoms with Crippen LogP contribution in [0.15, 0.2) is 53.1 Å². The number of ether oxygens (including phenoxy) is 2. The van der Waals surface area contributed by atoms with E-state index in [9.17, 15) is 10.1 Å². The summed E-state index contributed by atoms with van der Waals surface area (Å²) in [5, 5.41) is 10.7. The van der Waals surface area contributed by atoms with Crippen molar-refractivity contribution in [2.24, 2.45) is 0 Å².